The average molecular weight is 232 g/mol. The Labute approximate surface area is 78.7 Å². The first kappa shape index (κ1) is 7.77. The summed E-state index contributed by atoms with van der Waals surface area (Å²) in [6, 6.07) is 0.383. The molecular weight excluding hydrogens is 222 g/mol. The molecule has 0 saturated carbocycles. The Hall–Kier alpha value is 0.140. The minimum Gasteiger partial charge on any atom is -0.327 e. The van der Waals surface area contributed by atoms with Crippen molar-refractivity contribution in [3.63, 3.8) is 0 Å². The lowest BCUT2D eigenvalue weighted by Gasteiger charge is -2.18. The molecule has 0 saturated heterocycles. The molecule has 0 radical (unpaired) electrons. The topological polar surface area (TPSA) is 26.0 Å². The van der Waals surface area contributed by atoms with Gasteiger partial charge in [0.05, 0.1) is 3.79 Å². The summed E-state index contributed by atoms with van der Waals surface area (Å²) in [4.78, 5) is 0. The van der Waals surface area contributed by atoms with Crippen LogP contribution < -0.4 is 5.73 Å². The first-order valence-corrected chi connectivity index (χ1v) is 5.45. The van der Waals surface area contributed by atoms with Crippen LogP contribution in [0.25, 0.3) is 0 Å². The number of nitrogens with two attached hydrogens (primary N) is 1. The fraction of sp³-hybridized carbons (Fsp3) is 0.500. The van der Waals surface area contributed by atoms with E-state index in [1.165, 1.54) is 21.3 Å². The summed E-state index contributed by atoms with van der Waals surface area (Å²) >= 11 is 5.33. The number of thiophene rings is 1. The van der Waals surface area contributed by atoms with E-state index in [0.29, 0.717) is 6.04 Å². The molecule has 60 valence electrons. The fourth-order valence-corrected chi connectivity index (χ4v) is 3.08. The number of fused-ring (bicyclic) bond motifs is 1. The van der Waals surface area contributed by atoms with E-state index in [2.05, 4.69) is 21.3 Å². The van der Waals surface area contributed by atoms with Gasteiger partial charge in [-0.3, -0.25) is 0 Å². The third kappa shape index (κ3) is 1.37. The summed E-state index contributed by atoms with van der Waals surface area (Å²) in [7, 11) is 0. The summed E-state index contributed by atoms with van der Waals surface area (Å²) in [6.45, 7) is 0. The minimum atomic E-state index is 0.383. The van der Waals surface area contributed by atoms with Gasteiger partial charge in [-0.15, -0.1) is 11.3 Å². The Kier molecular flexibility index (Phi) is 2.04. The Morgan fingerprint density at radius 2 is 2.45 bits per heavy atom. The van der Waals surface area contributed by atoms with Gasteiger partial charge < -0.3 is 5.73 Å². The highest BCUT2D eigenvalue weighted by Gasteiger charge is 2.18. The Morgan fingerprint density at radius 1 is 1.64 bits per heavy atom. The van der Waals surface area contributed by atoms with E-state index in [9.17, 15) is 0 Å². The maximum Gasteiger partial charge on any atom is 0.0733 e. The first-order valence-electron chi connectivity index (χ1n) is 3.77. The largest absolute Gasteiger partial charge is 0.327 e. The monoisotopic (exact) mass is 231 g/mol. The van der Waals surface area contributed by atoms with E-state index in [1.54, 1.807) is 11.3 Å². The molecule has 1 nitrogen and oxygen atoms in total. The van der Waals surface area contributed by atoms with Crippen molar-refractivity contribution in [2.75, 3.05) is 0 Å². The zero-order valence-electron chi connectivity index (χ0n) is 6.14. The molecule has 2 rings (SSSR count). The number of hydrogen-bond acceptors (Lipinski definition) is 2. The zero-order valence-corrected chi connectivity index (χ0v) is 8.54. The van der Waals surface area contributed by atoms with Crippen molar-refractivity contribution in [1.82, 2.24) is 0 Å². The lowest BCUT2D eigenvalue weighted by Crippen LogP contribution is -2.27. The standard InChI is InChI=1S/C8H10BrNS/c9-8-7-3-6(10)2-1-5(7)4-11-8/h4,6H,1-3,10H2. The number of aryl methyl sites for hydroxylation is 1. The molecule has 0 aromatic carbocycles. The van der Waals surface area contributed by atoms with Crippen LogP contribution in [0.15, 0.2) is 9.17 Å². The predicted molar refractivity (Wildman–Crippen MR) is 52.0 cm³/mol. The van der Waals surface area contributed by atoms with Crippen molar-refractivity contribution in [3.05, 3.63) is 20.3 Å². The predicted octanol–water partition coefficient (Wildman–Crippen LogP) is 2.33. The van der Waals surface area contributed by atoms with Gasteiger partial charge in [0.2, 0.25) is 0 Å². The normalized spacial score (nSPS) is 23.3. The highest BCUT2D eigenvalue weighted by molar-refractivity contribution is 9.11. The van der Waals surface area contributed by atoms with Crippen LogP contribution in [0.5, 0.6) is 0 Å². The molecule has 1 aromatic rings. The molecule has 1 aliphatic carbocycles. The molecule has 1 unspecified atom stereocenters. The quantitative estimate of drug-likeness (QED) is 0.729. The summed E-state index contributed by atoms with van der Waals surface area (Å²) in [5.41, 5.74) is 8.82. The Morgan fingerprint density at radius 3 is 3.27 bits per heavy atom. The van der Waals surface area contributed by atoms with Crippen LogP contribution in [0.1, 0.15) is 17.5 Å². The van der Waals surface area contributed by atoms with Crippen molar-refractivity contribution >= 4 is 27.3 Å². The Bertz CT molecular complexity index is 269. The van der Waals surface area contributed by atoms with Crippen molar-refractivity contribution < 1.29 is 0 Å². The first-order chi connectivity index (χ1) is 5.27. The second kappa shape index (κ2) is 2.88. The van der Waals surface area contributed by atoms with Gasteiger partial charge >= 0.3 is 0 Å². The van der Waals surface area contributed by atoms with Crippen molar-refractivity contribution in [2.24, 2.45) is 5.73 Å². The molecule has 1 aromatic heterocycles. The summed E-state index contributed by atoms with van der Waals surface area (Å²) < 4.78 is 1.28. The summed E-state index contributed by atoms with van der Waals surface area (Å²) in [5, 5.41) is 2.24. The van der Waals surface area contributed by atoms with E-state index in [-0.39, 0.29) is 0 Å². The van der Waals surface area contributed by atoms with Gasteiger partial charge in [-0.1, -0.05) is 0 Å². The highest BCUT2D eigenvalue weighted by Crippen LogP contribution is 2.33. The number of halogens is 1. The molecular formula is C8H10BrNS. The second-order valence-corrected chi connectivity index (χ2v) is 5.21. The van der Waals surface area contributed by atoms with Crippen LogP contribution in [-0.2, 0) is 12.8 Å². The number of rotatable bonds is 0. The van der Waals surface area contributed by atoms with E-state index >= 15 is 0 Å². The SMILES string of the molecule is NC1CCc2csc(Br)c2C1. The lowest BCUT2D eigenvalue weighted by molar-refractivity contribution is 0.578. The van der Waals surface area contributed by atoms with Gasteiger partial charge in [0.25, 0.3) is 0 Å². The molecule has 0 spiro atoms. The van der Waals surface area contributed by atoms with Gasteiger partial charge in [-0.05, 0) is 51.7 Å². The third-order valence-electron chi connectivity index (χ3n) is 2.18. The molecule has 1 atom stereocenters. The van der Waals surface area contributed by atoms with Crippen LogP contribution >= 0.6 is 27.3 Å². The fourth-order valence-electron chi connectivity index (χ4n) is 1.52. The van der Waals surface area contributed by atoms with E-state index in [4.69, 9.17) is 5.73 Å². The van der Waals surface area contributed by atoms with Crippen molar-refractivity contribution in [3.8, 4) is 0 Å². The van der Waals surface area contributed by atoms with Crippen LogP contribution in [0.3, 0.4) is 0 Å². The highest BCUT2D eigenvalue weighted by atomic mass is 79.9. The molecule has 3 heteroatoms. The van der Waals surface area contributed by atoms with Gasteiger partial charge in [-0.25, -0.2) is 0 Å². The van der Waals surface area contributed by atoms with Crippen LogP contribution in [0, 0.1) is 0 Å². The van der Waals surface area contributed by atoms with E-state index in [0.717, 1.165) is 12.8 Å². The smallest absolute Gasteiger partial charge is 0.0733 e. The second-order valence-electron chi connectivity index (χ2n) is 3.02. The van der Waals surface area contributed by atoms with Crippen LogP contribution in [0.2, 0.25) is 0 Å². The van der Waals surface area contributed by atoms with Gasteiger partial charge in [-0.2, -0.15) is 0 Å². The average Bonchev–Trinajstić information content (AvgIpc) is 2.33. The van der Waals surface area contributed by atoms with Crippen LogP contribution in [-0.4, -0.2) is 6.04 Å². The number of hydrogen-bond donors (Lipinski definition) is 1. The molecule has 1 heterocycles. The minimum absolute atomic E-state index is 0.383. The molecule has 0 amide bonds. The molecule has 0 bridgehead atoms. The molecule has 11 heavy (non-hydrogen) atoms. The molecule has 0 aliphatic heterocycles. The zero-order chi connectivity index (χ0) is 7.84. The molecule has 0 fully saturated rings. The van der Waals surface area contributed by atoms with E-state index in [1.807, 2.05) is 0 Å². The van der Waals surface area contributed by atoms with E-state index < -0.39 is 0 Å². The Balaban J connectivity index is 2.37. The summed E-state index contributed by atoms with van der Waals surface area (Å²) in [6.07, 6.45) is 3.37. The maximum absolute atomic E-state index is 5.86. The van der Waals surface area contributed by atoms with Crippen LogP contribution in [0.4, 0.5) is 0 Å². The molecule has 1 aliphatic rings. The van der Waals surface area contributed by atoms with Gasteiger partial charge in [0.1, 0.15) is 0 Å². The lowest BCUT2D eigenvalue weighted by atomic mass is 9.92. The van der Waals surface area contributed by atoms with Gasteiger partial charge in [0.15, 0.2) is 0 Å². The van der Waals surface area contributed by atoms with Gasteiger partial charge in [0, 0.05) is 6.04 Å². The van der Waals surface area contributed by atoms with Crippen molar-refractivity contribution in [2.45, 2.75) is 25.3 Å². The maximum atomic E-state index is 5.86. The molecule has 2 N–H and O–H groups in total. The van der Waals surface area contributed by atoms with Crippen molar-refractivity contribution in [1.29, 1.82) is 0 Å². The summed E-state index contributed by atoms with van der Waals surface area (Å²) in [5.74, 6) is 0. The third-order valence-corrected chi connectivity index (χ3v) is 4.08.